The number of carbonyl (C=O) groups excluding carboxylic acids is 1. The molecule has 0 aromatic heterocycles. The van der Waals surface area contributed by atoms with Gasteiger partial charge in [0.25, 0.3) is 0 Å². The lowest BCUT2D eigenvalue weighted by molar-refractivity contribution is -0.121. The average Bonchev–Trinajstić information content (AvgIpc) is 2.81. The maximum atomic E-state index is 13.4. The third-order valence-electron chi connectivity index (χ3n) is 5.01. The molecule has 0 heterocycles. The summed E-state index contributed by atoms with van der Waals surface area (Å²) in [5, 5.41) is 3.44. The lowest BCUT2D eigenvalue weighted by atomic mass is 10.1. The van der Waals surface area contributed by atoms with Crippen LogP contribution in [0.4, 0.5) is 0 Å². The first-order valence-electron chi connectivity index (χ1n) is 10.2. The summed E-state index contributed by atoms with van der Waals surface area (Å²) >= 11 is 12.3. The minimum atomic E-state index is -4.00. The fraction of sp³-hybridized carbons (Fsp3) is 0.208. The van der Waals surface area contributed by atoms with Gasteiger partial charge in [-0.1, -0.05) is 71.7 Å². The van der Waals surface area contributed by atoms with Gasteiger partial charge in [-0.25, -0.2) is 8.42 Å². The molecule has 3 aromatic carbocycles. The Bertz CT molecular complexity index is 1200. The lowest BCUT2D eigenvalue weighted by Crippen LogP contribution is -2.41. The highest BCUT2D eigenvalue weighted by atomic mass is 35.5. The predicted molar refractivity (Wildman–Crippen MR) is 130 cm³/mol. The van der Waals surface area contributed by atoms with Gasteiger partial charge in [-0.3, -0.25) is 4.79 Å². The molecule has 0 aliphatic heterocycles. The van der Waals surface area contributed by atoms with Crippen LogP contribution in [0.2, 0.25) is 10.0 Å². The van der Waals surface area contributed by atoms with Crippen molar-refractivity contribution in [2.45, 2.75) is 17.9 Å². The standard InChI is InChI=1S/C24H24Cl2N2O4S/c1-32-23-12-11-20(15-22(23)26)33(30,31)28(14-13-18-7-3-2-4-8-18)17-24(29)27-16-19-9-5-6-10-21(19)25/h2-12,15H,13-14,16-17H2,1H3,(H,27,29). The summed E-state index contributed by atoms with van der Waals surface area (Å²) in [7, 11) is -2.55. The van der Waals surface area contributed by atoms with Crippen molar-refractivity contribution in [3.8, 4) is 5.75 Å². The molecule has 0 saturated carbocycles. The third kappa shape index (κ3) is 6.71. The molecule has 1 N–H and O–H groups in total. The largest absolute Gasteiger partial charge is 0.495 e. The molecule has 3 aromatic rings. The Hall–Kier alpha value is -2.58. The van der Waals surface area contributed by atoms with Crippen LogP contribution in [0.3, 0.4) is 0 Å². The predicted octanol–water partition coefficient (Wildman–Crippen LogP) is 4.55. The first-order chi connectivity index (χ1) is 15.8. The molecule has 33 heavy (non-hydrogen) atoms. The van der Waals surface area contributed by atoms with E-state index in [0.29, 0.717) is 17.2 Å². The smallest absolute Gasteiger partial charge is 0.243 e. The van der Waals surface area contributed by atoms with E-state index in [0.717, 1.165) is 15.4 Å². The molecule has 3 rings (SSSR count). The molecule has 0 spiro atoms. The van der Waals surface area contributed by atoms with E-state index >= 15 is 0 Å². The van der Waals surface area contributed by atoms with E-state index in [2.05, 4.69) is 5.32 Å². The summed E-state index contributed by atoms with van der Waals surface area (Å²) in [6, 6.07) is 20.8. The number of nitrogens with one attached hydrogen (secondary N) is 1. The molecule has 0 unspecified atom stereocenters. The Balaban J connectivity index is 1.79. The summed E-state index contributed by atoms with van der Waals surface area (Å²) < 4.78 is 33.1. The number of nitrogens with zero attached hydrogens (tertiary/aromatic N) is 1. The minimum absolute atomic E-state index is 0.0136. The molecule has 1 amide bonds. The molecule has 0 bridgehead atoms. The van der Waals surface area contributed by atoms with Gasteiger partial charge in [-0.05, 0) is 41.8 Å². The molecule has 0 aliphatic rings. The fourth-order valence-electron chi connectivity index (χ4n) is 3.19. The summed E-state index contributed by atoms with van der Waals surface area (Å²) in [5.41, 5.74) is 1.70. The second kappa shape index (κ2) is 11.5. The van der Waals surface area contributed by atoms with Crippen molar-refractivity contribution in [2.24, 2.45) is 0 Å². The number of benzene rings is 3. The Kier molecular flexibility index (Phi) is 8.74. The molecule has 6 nitrogen and oxygen atoms in total. The molecule has 0 fully saturated rings. The van der Waals surface area contributed by atoms with Gasteiger partial charge in [0.2, 0.25) is 15.9 Å². The van der Waals surface area contributed by atoms with Gasteiger partial charge >= 0.3 is 0 Å². The molecule has 0 atom stereocenters. The second-order valence-electron chi connectivity index (χ2n) is 7.24. The van der Waals surface area contributed by atoms with Crippen LogP contribution >= 0.6 is 23.2 Å². The highest BCUT2D eigenvalue weighted by molar-refractivity contribution is 7.89. The van der Waals surface area contributed by atoms with Crippen molar-refractivity contribution in [2.75, 3.05) is 20.2 Å². The van der Waals surface area contributed by atoms with Gasteiger partial charge < -0.3 is 10.1 Å². The van der Waals surface area contributed by atoms with Gasteiger partial charge in [0.05, 0.1) is 23.6 Å². The molecule has 0 saturated heterocycles. The number of methoxy groups -OCH3 is 1. The van der Waals surface area contributed by atoms with Gasteiger partial charge in [-0.15, -0.1) is 0 Å². The molecular weight excluding hydrogens is 483 g/mol. The van der Waals surface area contributed by atoms with Crippen LogP contribution in [0.25, 0.3) is 0 Å². The van der Waals surface area contributed by atoms with Crippen molar-refractivity contribution >= 4 is 39.1 Å². The Morgan fingerprint density at radius 2 is 1.67 bits per heavy atom. The quantitative estimate of drug-likeness (QED) is 0.437. The van der Waals surface area contributed by atoms with Gasteiger partial charge in [0.1, 0.15) is 5.75 Å². The molecule has 9 heteroatoms. The number of hydrogen-bond acceptors (Lipinski definition) is 4. The topological polar surface area (TPSA) is 75.7 Å². The van der Waals surface area contributed by atoms with E-state index in [-0.39, 0.29) is 29.6 Å². The first kappa shape index (κ1) is 25.1. The van der Waals surface area contributed by atoms with Crippen molar-refractivity contribution < 1.29 is 17.9 Å². The van der Waals surface area contributed by atoms with Crippen molar-refractivity contribution in [1.82, 2.24) is 9.62 Å². The second-order valence-corrected chi connectivity index (χ2v) is 9.99. The first-order valence-corrected chi connectivity index (χ1v) is 12.4. The summed E-state index contributed by atoms with van der Waals surface area (Å²) in [4.78, 5) is 12.7. The van der Waals surface area contributed by atoms with Crippen LogP contribution in [0.5, 0.6) is 5.75 Å². The van der Waals surface area contributed by atoms with E-state index in [4.69, 9.17) is 27.9 Å². The van der Waals surface area contributed by atoms with E-state index in [1.54, 1.807) is 18.2 Å². The zero-order chi connectivity index (χ0) is 23.8. The molecule has 0 aliphatic carbocycles. The van der Waals surface area contributed by atoms with Crippen molar-refractivity contribution in [3.63, 3.8) is 0 Å². The SMILES string of the molecule is COc1ccc(S(=O)(=O)N(CCc2ccccc2)CC(=O)NCc2ccccc2Cl)cc1Cl. The zero-order valence-corrected chi connectivity index (χ0v) is 20.3. The summed E-state index contributed by atoms with van der Waals surface area (Å²) in [5.74, 6) is -0.0740. The number of halogens is 2. The summed E-state index contributed by atoms with van der Waals surface area (Å²) in [6.07, 6.45) is 0.446. The minimum Gasteiger partial charge on any atom is -0.495 e. The van der Waals surface area contributed by atoms with Crippen molar-refractivity contribution in [3.05, 3.63) is 94.0 Å². The lowest BCUT2D eigenvalue weighted by Gasteiger charge is -2.22. The van der Waals surface area contributed by atoms with Crippen LogP contribution < -0.4 is 10.1 Å². The van der Waals surface area contributed by atoms with Crippen LogP contribution in [0.15, 0.2) is 77.7 Å². The van der Waals surface area contributed by atoms with E-state index in [1.807, 2.05) is 36.4 Å². The zero-order valence-electron chi connectivity index (χ0n) is 18.0. The number of rotatable bonds is 10. The normalized spacial score (nSPS) is 11.4. The van der Waals surface area contributed by atoms with E-state index < -0.39 is 15.9 Å². The van der Waals surface area contributed by atoms with Crippen LogP contribution in [-0.2, 0) is 27.8 Å². The maximum Gasteiger partial charge on any atom is 0.243 e. The van der Waals surface area contributed by atoms with Crippen molar-refractivity contribution in [1.29, 1.82) is 0 Å². The highest BCUT2D eigenvalue weighted by Gasteiger charge is 2.27. The van der Waals surface area contributed by atoms with E-state index in [1.165, 1.54) is 25.3 Å². The third-order valence-corrected chi connectivity index (χ3v) is 7.51. The monoisotopic (exact) mass is 506 g/mol. The van der Waals surface area contributed by atoms with Crippen LogP contribution in [0, 0.1) is 0 Å². The number of ether oxygens (including phenoxy) is 1. The Morgan fingerprint density at radius 3 is 2.33 bits per heavy atom. The molecule has 174 valence electrons. The Labute approximate surface area is 204 Å². The van der Waals surface area contributed by atoms with Crippen LogP contribution in [-0.4, -0.2) is 38.8 Å². The molecular formula is C24H24Cl2N2O4S. The number of sulfonamides is 1. The number of amides is 1. The average molecular weight is 507 g/mol. The number of hydrogen-bond donors (Lipinski definition) is 1. The summed E-state index contributed by atoms with van der Waals surface area (Å²) in [6.45, 7) is -0.0295. The molecule has 0 radical (unpaired) electrons. The fourth-order valence-corrected chi connectivity index (χ4v) is 5.14. The maximum absolute atomic E-state index is 13.4. The highest BCUT2D eigenvalue weighted by Crippen LogP contribution is 2.28. The van der Waals surface area contributed by atoms with E-state index in [9.17, 15) is 13.2 Å². The van der Waals surface area contributed by atoms with Crippen LogP contribution in [0.1, 0.15) is 11.1 Å². The van der Waals surface area contributed by atoms with Gasteiger partial charge in [0.15, 0.2) is 0 Å². The number of carbonyl (C=O) groups is 1. The van der Waals surface area contributed by atoms with Gasteiger partial charge in [0, 0.05) is 18.1 Å². The Morgan fingerprint density at radius 1 is 0.970 bits per heavy atom. The van der Waals surface area contributed by atoms with Gasteiger partial charge in [-0.2, -0.15) is 4.31 Å².